The number of nitrogens with one attached hydrogen (secondary N) is 2. The SMILES string of the molecule is Bc1ccc(-c2c[nH]c([C@@H]3C=CCN3C(=O)C(NC(=O)OC)c3ccccc3)n2)cc1. The normalized spacial score (nSPS) is 16.2. The average molecular weight is 414 g/mol. The van der Waals surface area contributed by atoms with Crippen LogP contribution in [-0.2, 0) is 9.53 Å². The lowest BCUT2D eigenvalue weighted by atomic mass is 9.95. The molecule has 1 aromatic heterocycles. The molecule has 0 spiro atoms. The van der Waals surface area contributed by atoms with E-state index in [4.69, 9.17) is 9.72 Å². The molecule has 156 valence electrons. The van der Waals surface area contributed by atoms with Crippen molar-refractivity contribution < 1.29 is 14.3 Å². The molecule has 0 saturated heterocycles. The number of ether oxygens (including phenoxy) is 1. The van der Waals surface area contributed by atoms with E-state index in [-0.39, 0.29) is 11.9 Å². The Kier molecular flexibility index (Phi) is 5.88. The van der Waals surface area contributed by atoms with Gasteiger partial charge in [-0.15, -0.1) is 0 Å². The van der Waals surface area contributed by atoms with Gasteiger partial charge in [0.05, 0.1) is 12.8 Å². The summed E-state index contributed by atoms with van der Waals surface area (Å²) in [5.41, 5.74) is 3.68. The molecule has 1 aliphatic heterocycles. The molecule has 7 nitrogen and oxygen atoms in total. The number of alkyl carbamates (subject to hydrolysis) is 1. The summed E-state index contributed by atoms with van der Waals surface area (Å²) in [4.78, 5) is 35.0. The Balaban J connectivity index is 1.59. The molecule has 0 aliphatic carbocycles. The van der Waals surface area contributed by atoms with Crippen molar-refractivity contribution in [2.45, 2.75) is 12.1 Å². The maximum Gasteiger partial charge on any atom is 0.407 e. The van der Waals surface area contributed by atoms with Crippen molar-refractivity contribution in [1.82, 2.24) is 20.2 Å². The third-order valence-corrected chi connectivity index (χ3v) is 5.29. The monoisotopic (exact) mass is 414 g/mol. The summed E-state index contributed by atoms with van der Waals surface area (Å²) in [5, 5.41) is 2.66. The summed E-state index contributed by atoms with van der Waals surface area (Å²) in [6.07, 6.45) is 5.05. The Morgan fingerprint density at radius 2 is 1.94 bits per heavy atom. The molecular weight excluding hydrogens is 391 g/mol. The Bertz CT molecular complexity index is 1100. The number of carbonyl (C=O) groups excluding carboxylic acids is 2. The number of aromatic nitrogens is 2. The molecule has 2 heterocycles. The van der Waals surface area contributed by atoms with Crippen LogP contribution in [-0.4, -0.2) is 48.4 Å². The van der Waals surface area contributed by atoms with Gasteiger partial charge in [-0.2, -0.15) is 0 Å². The number of imidazole rings is 1. The number of methoxy groups -OCH3 is 1. The maximum atomic E-state index is 13.5. The van der Waals surface area contributed by atoms with Crippen molar-refractivity contribution in [3.8, 4) is 11.3 Å². The Morgan fingerprint density at radius 1 is 1.19 bits per heavy atom. The minimum absolute atomic E-state index is 0.236. The zero-order valence-corrected chi connectivity index (χ0v) is 17.4. The summed E-state index contributed by atoms with van der Waals surface area (Å²) in [5.74, 6) is 0.433. The zero-order valence-electron chi connectivity index (χ0n) is 17.4. The first-order valence-electron chi connectivity index (χ1n) is 10.1. The fourth-order valence-electron chi connectivity index (χ4n) is 3.62. The number of aromatic amines is 1. The van der Waals surface area contributed by atoms with E-state index >= 15 is 0 Å². The van der Waals surface area contributed by atoms with E-state index in [1.54, 1.807) is 17.0 Å². The number of rotatable bonds is 5. The highest BCUT2D eigenvalue weighted by atomic mass is 16.5. The van der Waals surface area contributed by atoms with Gasteiger partial charge < -0.3 is 19.9 Å². The average Bonchev–Trinajstić information content (AvgIpc) is 3.47. The van der Waals surface area contributed by atoms with Crippen LogP contribution >= 0.6 is 0 Å². The molecule has 0 bridgehead atoms. The van der Waals surface area contributed by atoms with E-state index in [9.17, 15) is 9.59 Å². The number of benzene rings is 2. The summed E-state index contributed by atoms with van der Waals surface area (Å²) < 4.78 is 4.73. The number of carbonyl (C=O) groups is 2. The molecule has 31 heavy (non-hydrogen) atoms. The lowest BCUT2D eigenvalue weighted by molar-refractivity contribution is -0.134. The zero-order chi connectivity index (χ0) is 21.8. The number of H-pyrrole nitrogens is 1. The van der Waals surface area contributed by atoms with E-state index in [0.717, 1.165) is 11.3 Å². The highest BCUT2D eigenvalue weighted by molar-refractivity contribution is 6.32. The summed E-state index contributed by atoms with van der Waals surface area (Å²) in [6.45, 7) is 0.427. The molecule has 1 aliphatic rings. The van der Waals surface area contributed by atoms with E-state index < -0.39 is 12.1 Å². The third kappa shape index (κ3) is 4.38. The predicted molar refractivity (Wildman–Crippen MR) is 121 cm³/mol. The van der Waals surface area contributed by atoms with E-state index in [1.807, 2.05) is 68.7 Å². The van der Waals surface area contributed by atoms with Crippen LogP contribution in [0.4, 0.5) is 4.79 Å². The fourth-order valence-corrected chi connectivity index (χ4v) is 3.62. The fraction of sp³-hybridized carbons (Fsp3) is 0.174. The molecule has 2 aromatic carbocycles. The largest absolute Gasteiger partial charge is 0.453 e. The van der Waals surface area contributed by atoms with Crippen molar-refractivity contribution in [3.63, 3.8) is 0 Å². The lowest BCUT2D eigenvalue weighted by Gasteiger charge is -2.28. The molecule has 8 heteroatoms. The Hall–Kier alpha value is -3.81. The van der Waals surface area contributed by atoms with E-state index in [1.165, 1.54) is 12.6 Å². The molecule has 2 amide bonds. The number of hydrogen-bond donors (Lipinski definition) is 2. The molecule has 2 atom stereocenters. The van der Waals surface area contributed by atoms with Gasteiger partial charge in [0.15, 0.2) is 0 Å². The van der Waals surface area contributed by atoms with Gasteiger partial charge in [0.1, 0.15) is 25.8 Å². The number of nitrogens with zero attached hydrogens (tertiary/aromatic N) is 2. The Labute approximate surface area is 181 Å². The second-order valence-electron chi connectivity index (χ2n) is 7.38. The molecule has 0 fully saturated rings. The van der Waals surface area contributed by atoms with Crippen molar-refractivity contribution in [2.75, 3.05) is 13.7 Å². The minimum Gasteiger partial charge on any atom is -0.453 e. The second kappa shape index (κ2) is 8.91. The van der Waals surface area contributed by atoms with Crippen molar-refractivity contribution in [2.24, 2.45) is 0 Å². The second-order valence-corrected chi connectivity index (χ2v) is 7.38. The predicted octanol–water partition coefficient (Wildman–Crippen LogP) is 1.87. The van der Waals surface area contributed by atoms with Crippen LogP contribution in [0.5, 0.6) is 0 Å². The Morgan fingerprint density at radius 3 is 2.65 bits per heavy atom. The van der Waals surface area contributed by atoms with Crippen molar-refractivity contribution in [3.05, 3.63) is 84.3 Å². The quantitative estimate of drug-likeness (QED) is 0.493. The highest BCUT2D eigenvalue weighted by Crippen LogP contribution is 2.30. The van der Waals surface area contributed by atoms with Gasteiger partial charge in [-0.1, -0.05) is 72.2 Å². The van der Waals surface area contributed by atoms with E-state index in [0.29, 0.717) is 17.9 Å². The molecule has 4 rings (SSSR count). The van der Waals surface area contributed by atoms with Gasteiger partial charge in [0.25, 0.3) is 5.91 Å². The van der Waals surface area contributed by atoms with Gasteiger partial charge >= 0.3 is 6.09 Å². The van der Waals surface area contributed by atoms with Crippen LogP contribution in [0.25, 0.3) is 11.3 Å². The van der Waals surface area contributed by atoms with Crippen LogP contribution in [0.2, 0.25) is 0 Å². The standard InChI is InChI=1S/C23H23BN4O3/c1-31-23(30)27-20(16-6-3-2-4-7-16)22(29)28-13-5-8-19(28)21-25-14-18(26-21)15-9-11-17(24)12-10-15/h2-12,14,19-20H,13,24H2,1H3,(H,25,26)(H,27,30)/t19-,20?/m0/s1. The van der Waals surface area contributed by atoms with Gasteiger partial charge in [-0.25, -0.2) is 9.78 Å². The van der Waals surface area contributed by atoms with Crippen LogP contribution in [0, 0.1) is 0 Å². The molecule has 1 unspecified atom stereocenters. The third-order valence-electron chi connectivity index (χ3n) is 5.29. The van der Waals surface area contributed by atoms with Crippen LogP contribution in [0.1, 0.15) is 23.5 Å². The maximum absolute atomic E-state index is 13.5. The smallest absolute Gasteiger partial charge is 0.407 e. The van der Waals surface area contributed by atoms with Crippen LogP contribution < -0.4 is 10.8 Å². The number of hydrogen-bond acceptors (Lipinski definition) is 4. The first-order valence-corrected chi connectivity index (χ1v) is 10.1. The molecule has 3 aromatic rings. The summed E-state index contributed by atoms with van der Waals surface area (Å²) >= 11 is 0. The van der Waals surface area contributed by atoms with Gasteiger partial charge in [-0.05, 0) is 5.56 Å². The molecular formula is C23H23BN4O3. The first kappa shape index (κ1) is 20.5. The summed E-state index contributed by atoms with van der Waals surface area (Å²) in [6, 6.07) is 16.0. The topological polar surface area (TPSA) is 87.3 Å². The molecule has 0 saturated carbocycles. The van der Waals surface area contributed by atoms with Crippen LogP contribution in [0.3, 0.4) is 0 Å². The van der Waals surface area contributed by atoms with E-state index in [2.05, 4.69) is 10.3 Å². The van der Waals surface area contributed by atoms with Gasteiger partial charge in [0, 0.05) is 18.3 Å². The van der Waals surface area contributed by atoms with Gasteiger partial charge in [-0.3, -0.25) is 4.79 Å². The van der Waals surface area contributed by atoms with Crippen molar-refractivity contribution in [1.29, 1.82) is 0 Å². The highest BCUT2D eigenvalue weighted by Gasteiger charge is 2.34. The van der Waals surface area contributed by atoms with Gasteiger partial charge in [0.2, 0.25) is 0 Å². The van der Waals surface area contributed by atoms with Crippen molar-refractivity contribution >= 4 is 25.3 Å². The molecule has 2 N–H and O–H groups in total. The summed E-state index contributed by atoms with van der Waals surface area (Å²) in [7, 11) is 3.32. The number of amides is 2. The lowest BCUT2D eigenvalue weighted by Crippen LogP contribution is -2.43. The molecule has 0 radical (unpaired) electrons. The minimum atomic E-state index is -0.859. The first-order chi connectivity index (χ1) is 15.1. The van der Waals surface area contributed by atoms with Crippen LogP contribution in [0.15, 0.2) is 72.9 Å².